The third-order valence-corrected chi connectivity index (χ3v) is 6.17. The zero-order chi connectivity index (χ0) is 23.4. The van der Waals surface area contributed by atoms with Crippen molar-refractivity contribution < 1.29 is 23.9 Å². The fourth-order valence-electron chi connectivity index (χ4n) is 3.62. The largest absolute Gasteiger partial charge is 0.497 e. The zero-order valence-corrected chi connectivity index (χ0v) is 19.0. The van der Waals surface area contributed by atoms with Crippen molar-refractivity contribution >= 4 is 40.6 Å². The summed E-state index contributed by atoms with van der Waals surface area (Å²) in [5, 5.41) is 4.69. The van der Waals surface area contributed by atoms with Gasteiger partial charge in [-0.25, -0.2) is 9.69 Å². The molecule has 170 valence electrons. The topological polar surface area (TPSA) is 88.2 Å². The summed E-state index contributed by atoms with van der Waals surface area (Å²) in [5.74, 6) is 0.483. The Bertz CT molecular complexity index is 1130. The first-order valence-electron chi connectivity index (χ1n) is 10.2. The lowest BCUT2D eigenvalue weighted by atomic mass is 10.1. The predicted octanol–water partition coefficient (Wildman–Crippen LogP) is 4.13. The number of benzene rings is 2. The molecule has 1 atom stereocenters. The Morgan fingerprint density at radius 2 is 1.61 bits per heavy atom. The highest BCUT2D eigenvalue weighted by atomic mass is 32.1. The maximum Gasteiger partial charge on any atom is 0.332 e. The number of methoxy groups -OCH3 is 2. The average Bonchev–Trinajstić information content (AvgIpc) is 3.42. The van der Waals surface area contributed by atoms with Crippen molar-refractivity contribution in [3.8, 4) is 11.5 Å². The molecule has 0 spiro atoms. The number of rotatable bonds is 8. The van der Waals surface area contributed by atoms with Crippen LogP contribution in [0.1, 0.15) is 11.3 Å². The first-order valence-corrected chi connectivity index (χ1v) is 11.1. The number of anilines is 2. The van der Waals surface area contributed by atoms with Crippen molar-refractivity contribution in [2.24, 2.45) is 0 Å². The number of urea groups is 1. The lowest BCUT2D eigenvalue weighted by Gasteiger charge is -2.21. The summed E-state index contributed by atoms with van der Waals surface area (Å²) in [5.41, 5.74) is 1.01. The van der Waals surface area contributed by atoms with E-state index in [2.05, 4.69) is 5.32 Å². The van der Waals surface area contributed by atoms with Gasteiger partial charge in [0.1, 0.15) is 17.5 Å². The Labute approximate surface area is 195 Å². The van der Waals surface area contributed by atoms with Crippen molar-refractivity contribution in [1.82, 2.24) is 4.90 Å². The highest BCUT2D eigenvalue weighted by Crippen LogP contribution is 2.30. The third kappa shape index (κ3) is 4.83. The second-order valence-electron chi connectivity index (χ2n) is 7.36. The van der Waals surface area contributed by atoms with Crippen LogP contribution in [0.2, 0.25) is 0 Å². The number of carbonyl (C=O) groups excluding carboxylic acids is 3. The highest BCUT2D eigenvalue weighted by Gasteiger charge is 2.46. The van der Waals surface area contributed by atoms with Crippen LogP contribution in [0.15, 0.2) is 66.0 Å². The van der Waals surface area contributed by atoms with Crippen LogP contribution < -0.4 is 19.7 Å². The molecule has 4 amide bonds. The molecule has 0 bridgehead atoms. The van der Waals surface area contributed by atoms with Gasteiger partial charge in [-0.3, -0.25) is 9.59 Å². The molecule has 0 aliphatic carbocycles. The normalized spacial score (nSPS) is 15.6. The van der Waals surface area contributed by atoms with Crippen LogP contribution in [-0.4, -0.2) is 43.0 Å². The summed E-state index contributed by atoms with van der Waals surface area (Å²) in [7, 11) is 3.11. The van der Waals surface area contributed by atoms with Gasteiger partial charge < -0.3 is 19.7 Å². The lowest BCUT2D eigenvalue weighted by Crippen LogP contribution is -2.37. The van der Waals surface area contributed by atoms with E-state index >= 15 is 0 Å². The number of thiophene rings is 1. The van der Waals surface area contributed by atoms with E-state index in [0.29, 0.717) is 22.9 Å². The molecular weight excluding hydrogens is 442 g/mol. The summed E-state index contributed by atoms with van der Waals surface area (Å²) >= 11 is 1.49. The van der Waals surface area contributed by atoms with E-state index in [1.165, 1.54) is 16.2 Å². The molecule has 0 unspecified atom stereocenters. The summed E-state index contributed by atoms with van der Waals surface area (Å²) in [6, 6.07) is 16.0. The molecule has 4 rings (SSSR count). The van der Waals surface area contributed by atoms with Crippen LogP contribution in [0.4, 0.5) is 16.2 Å². The van der Waals surface area contributed by atoms with Gasteiger partial charge in [0.2, 0.25) is 5.91 Å². The van der Waals surface area contributed by atoms with Crippen LogP contribution in [-0.2, 0) is 16.1 Å². The van der Waals surface area contributed by atoms with Gasteiger partial charge in [-0.15, -0.1) is 11.3 Å². The Morgan fingerprint density at radius 1 is 0.970 bits per heavy atom. The summed E-state index contributed by atoms with van der Waals surface area (Å²) < 4.78 is 10.3. The van der Waals surface area contributed by atoms with Gasteiger partial charge in [0.15, 0.2) is 0 Å². The van der Waals surface area contributed by atoms with Gasteiger partial charge in [0.25, 0.3) is 5.91 Å². The standard InChI is InChI=1S/C24H23N3O5S/c1-31-18-9-5-16(6-10-18)25-22(28)14-21-23(29)27(17-7-11-19(32-2)12-8-17)24(30)26(21)15-20-4-3-13-33-20/h3-13,21H,14-15H2,1-2H3,(H,25,28)/t21-/m1/s1. The van der Waals surface area contributed by atoms with Crippen LogP contribution in [0, 0.1) is 0 Å². The number of hydrogen-bond donors (Lipinski definition) is 1. The predicted molar refractivity (Wildman–Crippen MR) is 126 cm³/mol. The minimum absolute atomic E-state index is 0.158. The minimum Gasteiger partial charge on any atom is -0.497 e. The highest BCUT2D eigenvalue weighted by molar-refractivity contribution is 7.09. The molecule has 1 aromatic heterocycles. The monoisotopic (exact) mass is 465 g/mol. The van der Waals surface area contributed by atoms with Crippen molar-refractivity contribution in [3.05, 3.63) is 70.9 Å². The summed E-state index contributed by atoms with van der Waals surface area (Å²) in [6.07, 6.45) is -0.158. The van der Waals surface area contributed by atoms with E-state index in [-0.39, 0.29) is 18.9 Å². The first-order chi connectivity index (χ1) is 16.0. The van der Waals surface area contributed by atoms with E-state index in [4.69, 9.17) is 9.47 Å². The Hall–Kier alpha value is -3.85. The van der Waals surface area contributed by atoms with Crippen molar-refractivity contribution in [1.29, 1.82) is 0 Å². The van der Waals surface area contributed by atoms with E-state index < -0.39 is 18.0 Å². The number of hydrogen-bond acceptors (Lipinski definition) is 6. The fraction of sp³-hybridized carbons (Fsp3) is 0.208. The molecule has 2 aromatic carbocycles. The van der Waals surface area contributed by atoms with Crippen molar-refractivity contribution in [2.75, 3.05) is 24.4 Å². The number of amides is 4. The Kier molecular flexibility index (Phi) is 6.60. The second kappa shape index (κ2) is 9.74. The quantitative estimate of drug-likeness (QED) is 0.506. The van der Waals surface area contributed by atoms with Crippen LogP contribution >= 0.6 is 11.3 Å². The van der Waals surface area contributed by atoms with Crippen molar-refractivity contribution in [2.45, 2.75) is 19.0 Å². The molecule has 9 heteroatoms. The van der Waals surface area contributed by atoms with Gasteiger partial charge in [0, 0.05) is 10.6 Å². The fourth-order valence-corrected chi connectivity index (χ4v) is 4.32. The molecule has 1 aliphatic rings. The lowest BCUT2D eigenvalue weighted by molar-refractivity contribution is -0.124. The molecule has 2 heterocycles. The molecule has 33 heavy (non-hydrogen) atoms. The molecule has 8 nitrogen and oxygen atoms in total. The van der Waals surface area contributed by atoms with Gasteiger partial charge in [-0.05, 0) is 60.0 Å². The van der Waals surface area contributed by atoms with E-state index in [1.54, 1.807) is 62.8 Å². The molecule has 0 radical (unpaired) electrons. The molecular formula is C24H23N3O5S. The Balaban J connectivity index is 1.56. The summed E-state index contributed by atoms with van der Waals surface area (Å²) in [6.45, 7) is 0.245. The smallest absolute Gasteiger partial charge is 0.332 e. The van der Waals surface area contributed by atoms with Crippen LogP contribution in [0.3, 0.4) is 0 Å². The minimum atomic E-state index is -0.917. The van der Waals surface area contributed by atoms with Crippen LogP contribution in [0.5, 0.6) is 11.5 Å². The van der Waals surface area contributed by atoms with Crippen molar-refractivity contribution in [3.63, 3.8) is 0 Å². The molecule has 3 aromatic rings. The number of ether oxygens (including phenoxy) is 2. The molecule has 1 N–H and O–H groups in total. The van der Waals surface area contributed by atoms with E-state index in [1.807, 2.05) is 17.5 Å². The number of carbonyl (C=O) groups is 3. The average molecular weight is 466 g/mol. The first kappa shape index (κ1) is 22.3. The number of nitrogens with one attached hydrogen (secondary N) is 1. The van der Waals surface area contributed by atoms with E-state index in [9.17, 15) is 14.4 Å². The molecule has 1 fully saturated rings. The van der Waals surface area contributed by atoms with E-state index in [0.717, 1.165) is 9.78 Å². The molecule has 0 saturated carbocycles. The van der Waals surface area contributed by atoms with Gasteiger partial charge in [-0.2, -0.15) is 0 Å². The maximum absolute atomic E-state index is 13.3. The van der Waals surface area contributed by atoms with Gasteiger partial charge >= 0.3 is 6.03 Å². The van der Waals surface area contributed by atoms with Gasteiger partial charge in [-0.1, -0.05) is 6.07 Å². The molecule has 1 saturated heterocycles. The third-order valence-electron chi connectivity index (χ3n) is 5.31. The maximum atomic E-state index is 13.3. The second-order valence-corrected chi connectivity index (χ2v) is 8.39. The molecule has 1 aliphatic heterocycles. The van der Waals surface area contributed by atoms with Gasteiger partial charge in [0.05, 0.1) is 32.9 Å². The van der Waals surface area contributed by atoms with Crippen LogP contribution in [0.25, 0.3) is 0 Å². The zero-order valence-electron chi connectivity index (χ0n) is 18.2. The number of nitrogens with zero attached hydrogens (tertiary/aromatic N) is 2. The SMILES string of the molecule is COc1ccc(NC(=O)C[C@@H]2C(=O)N(c3ccc(OC)cc3)C(=O)N2Cc2cccs2)cc1. The Morgan fingerprint density at radius 3 is 2.18 bits per heavy atom. The summed E-state index contributed by atoms with van der Waals surface area (Å²) in [4.78, 5) is 42.9. The number of imide groups is 1.